The predicted molar refractivity (Wildman–Crippen MR) is 89.2 cm³/mol. The Morgan fingerprint density at radius 2 is 1.71 bits per heavy atom. The summed E-state index contributed by atoms with van der Waals surface area (Å²) in [5.41, 5.74) is 6.80. The van der Waals surface area contributed by atoms with Crippen molar-refractivity contribution in [2.45, 2.75) is 58.3 Å². The summed E-state index contributed by atoms with van der Waals surface area (Å²) in [7, 11) is 1.68. The molecule has 0 fully saturated rings. The van der Waals surface area contributed by atoms with Crippen molar-refractivity contribution in [3.63, 3.8) is 0 Å². The van der Waals surface area contributed by atoms with Crippen LogP contribution in [0.2, 0.25) is 0 Å². The van der Waals surface area contributed by atoms with Gasteiger partial charge in [0.25, 0.3) is 0 Å². The molecule has 0 spiro atoms. The van der Waals surface area contributed by atoms with Crippen molar-refractivity contribution < 1.29 is 9.47 Å². The fourth-order valence-corrected chi connectivity index (χ4v) is 2.47. The minimum absolute atomic E-state index is 0.626. The molecule has 0 bridgehead atoms. The van der Waals surface area contributed by atoms with Crippen LogP contribution in [0.1, 0.15) is 57.4 Å². The van der Waals surface area contributed by atoms with Gasteiger partial charge in [-0.2, -0.15) is 0 Å². The maximum absolute atomic E-state index is 5.96. The highest BCUT2D eigenvalue weighted by molar-refractivity contribution is 5.46. The number of nitrogens with two attached hydrogens (primary N) is 1. The second-order valence-corrected chi connectivity index (χ2v) is 5.46. The molecule has 0 unspecified atom stereocenters. The van der Waals surface area contributed by atoms with E-state index < -0.39 is 0 Å². The minimum Gasteiger partial charge on any atom is -0.493 e. The molecule has 0 heterocycles. The first-order valence-corrected chi connectivity index (χ1v) is 8.32. The van der Waals surface area contributed by atoms with E-state index in [0.29, 0.717) is 6.54 Å². The van der Waals surface area contributed by atoms with E-state index in [1.165, 1.54) is 38.5 Å². The van der Waals surface area contributed by atoms with Gasteiger partial charge in [0.2, 0.25) is 0 Å². The largest absolute Gasteiger partial charge is 0.493 e. The molecule has 3 heteroatoms. The molecule has 0 aliphatic heterocycles. The molecule has 1 aromatic carbocycles. The molecule has 120 valence electrons. The normalized spacial score (nSPS) is 10.6. The second kappa shape index (κ2) is 11.4. The average molecular weight is 293 g/mol. The lowest BCUT2D eigenvalue weighted by molar-refractivity contribution is 0.282. The number of para-hydroxylation sites is 1. The summed E-state index contributed by atoms with van der Waals surface area (Å²) in [6, 6.07) is 6.00. The second-order valence-electron chi connectivity index (χ2n) is 5.46. The fourth-order valence-electron chi connectivity index (χ4n) is 2.47. The van der Waals surface area contributed by atoms with Crippen LogP contribution in [0.15, 0.2) is 18.2 Å². The first-order chi connectivity index (χ1) is 10.3. The van der Waals surface area contributed by atoms with E-state index in [4.69, 9.17) is 15.2 Å². The van der Waals surface area contributed by atoms with Crippen molar-refractivity contribution >= 4 is 0 Å². The Balaban J connectivity index is 2.33. The maximum Gasteiger partial charge on any atom is 0.164 e. The summed E-state index contributed by atoms with van der Waals surface area (Å²) < 4.78 is 11.3. The van der Waals surface area contributed by atoms with Crippen LogP contribution < -0.4 is 15.2 Å². The summed E-state index contributed by atoms with van der Waals surface area (Å²) in [4.78, 5) is 0. The number of methoxy groups -OCH3 is 1. The number of hydrogen-bond acceptors (Lipinski definition) is 3. The molecule has 21 heavy (non-hydrogen) atoms. The molecule has 0 saturated carbocycles. The standard InChI is InChI=1S/C18H31NO2/c1-3-4-5-6-7-8-9-15-21-18-16(13-14-19)11-10-12-17(18)20-2/h10-12H,3-9,13-15,19H2,1-2H3. The van der Waals surface area contributed by atoms with Crippen LogP contribution in [0.5, 0.6) is 11.5 Å². The molecular formula is C18H31NO2. The summed E-state index contributed by atoms with van der Waals surface area (Å²) in [6.07, 6.45) is 9.86. The number of hydrogen-bond donors (Lipinski definition) is 1. The van der Waals surface area contributed by atoms with Gasteiger partial charge in [-0.25, -0.2) is 0 Å². The molecule has 3 nitrogen and oxygen atoms in total. The van der Waals surface area contributed by atoms with E-state index in [1.54, 1.807) is 7.11 Å². The van der Waals surface area contributed by atoms with Crippen LogP contribution >= 0.6 is 0 Å². The zero-order chi connectivity index (χ0) is 15.3. The van der Waals surface area contributed by atoms with Crippen molar-refractivity contribution in [1.29, 1.82) is 0 Å². The Hall–Kier alpha value is -1.22. The average Bonchev–Trinajstić information content (AvgIpc) is 2.51. The van der Waals surface area contributed by atoms with Gasteiger partial charge in [0, 0.05) is 0 Å². The number of rotatable bonds is 12. The van der Waals surface area contributed by atoms with Crippen molar-refractivity contribution in [2.24, 2.45) is 5.73 Å². The molecule has 1 rings (SSSR count). The SMILES string of the molecule is CCCCCCCCCOc1c(CCN)cccc1OC. The molecule has 0 saturated heterocycles. The van der Waals surface area contributed by atoms with Gasteiger partial charge in [-0.3, -0.25) is 0 Å². The van der Waals surface area contributed by atoms with Crippen LogP contribution in [0.4, 0.5) is 0 Å². The Labute approximate surface area is 129 Å². The Morgan fingerprint density at radius 1 is 1.00 bits per heavy atom. The predicted octanol–water partition coefficient (Wildman–Crippen LogP) is 4.33. The van der Waals surface area contributed by atoms with Crippen LogP contribution in [0.3, 0.4) is 0 Å². The van der Waals surface area contributed by atoms with Crippen molar-refractivity contribution in [3.05, 3.63) is 23.8 Å². The Morgan fingerprint density at radius 3 is 2.38 bits per heavy atom. The number of benzene rings is 1. The molecule has 0 amide bonds. The van der Waals surface area contributed by atoms with Gasteiger partial charge < -0.3 is 15.2 Å². The molecule has 0 aromatic heterocycles. The van der Waals surface area contributed by atoms with Crippen LogP contribution in [0, 0.1) is 0 Å². The number of ether oxygens (including phenoxy) is 2. The molecule has 0 radical (unpaired) electrons. The lowest BCUT2D eigenvalue weighted by Crippen LogP contribution is -2.07. The third-order valence-corrected chi connectivity index (χ3v) is 3.69. The lowest BCUT2D eigenvalue weighted by Gasteiger charge is -2.14. The molecule has 1 aromatic rings. The van der Waals surface area contributed by atoms with Gasteiger partial charge in [-0.15, -0.1) is 0 Å². The van der Waals surface area contributed by atoms with E-state index in [9.17, 15) is 0 Å². The van der Waals surface area contributed by atoms with Crippen molar-refractivity contribution in [1.82, 2.24) is 0 Å². The molecule has 0 aliphatic rings. The van der Waals surface area contributed by atoms with Crippen molar-refractivity contribution in [2.75, 3.05) is 20.3 Å². The van der Waals surface area contributed by atoms with Gasteiger partial charge >= 0.3 is 0 Å². The molecular weight excluding hydrogens is 262 g/mol. The molecule has 2 N–H and O–H groups in total. The smallest absolute Gasteiger partial charge is 0.164 e. The van der Waals surface area contributed by atoms with Crippen molar-refractivity contribution in [3.8, 4) is 11.5 Å². The maximum atomic E-state index is 5.96. The van der Waals surface area contributed by atoms with Gasteiger partial charge in [-0.05, 0) is 31.0 Å². The topological polar surface area (TPSA) is 44.5 Å². The summed E-state index contributed by atoms with van der Waals surface area (Å²) in [6.45, 7) is 3.63. The summed E-state index contributed by atoms with van der Waals surface area (Å²) in [5, 5.41) is 0. The van der Waals surface area contributed by atoms with E-state index in [-0.39, 0.29) is 0 Å². The van der Waals surface area contributed by atoms with Gasteiger partial charge in [0.1, 0.15) is 0 Å². The highest BCUT2D eigenvalue weighted by Crippen LogP contribution is 2.31. The summed E-state index contributed by atoms with van der Waals surface area (Å²) in [5.74, 6) is 1.68. The number of unbranched alkanes of at least 4 members (excludes halogenated alkanes) is 6. The lowest BCUT2D eigenvalue weighted by atomic mass is 10.1. The zero-order valence-corrected chi connectivity index (χ0v) is 13.7. The van der Waals surface area contributed by atoms with Crippen LogP contribution in [-0.4, -0.2) is 20.3 Å². The van der Waals surface area contributed by atoms with Gasteiger partial charge in [0.15, 0.2) is 11.5 Å². The monoisotopic (exact) mass is 293 g/mol. The Bertz CT molecular complexity index is 379. The van der Waals surface area contributed by atoms with E-state index in [1.807, 2.05) is 12.1 Å². The highest BCUT2D eigenvalue weighted by Gasteiger charge is 2.09. The van der Waals surface area contributed by atoms with E-state index in [0.717, 1.165) is 36.5 Å². The van der Waals surface area contributed by atoms with Gasteiger partial charge in [0.05, 0.1) is 13.7 Å². The minimum atomic E-state index is 0.626. The third kappa shape index (κ3) is 6.85. The zero-order valence-electron chi connectivity index (χ0n) is 13.7. The Kier molecular flexibility index (Phi) is 9.71. The quantitative estimate of drug-likeness (QED) is 0.583. The van der Waals surface area contributed by atoms with Gasteiger partial charge in [-0.1, -0.05) is 57.6 Å². The van der Waals surface area contributed by atoms with E-state index >= 15 is 0 Å². The molecule has 0 aliphatic carbocycles. The van der Waals surface area contributed by atoms with E-state index in [2.05, 4.69) is 13.0 Å². The molecule has 0 atom stereocenters. The summed E-state index contributed by atoms with van der Waals surface area (Å²) >= 11 is 0. The first kappa shape index (κ1) is 17.8. The van der Waals surface area contributed by atoms with Crippen LogP contribution in [0.25, 0.3) is 0 Å². The highest BCUT2D eigenvalue weighted by atomic mass is 16.5. The first-order valence-electron chi connectivity index (χ1n) is 8.32. The fraction of sp³-hybridized carbons (Fsp3) is 0.667. The third-order valence-electron chi connectivity index (χ3n) is 3.69. The van der Waals surface area contributed by atoms with Crippen LogP contribution in [-0.2, 0) is 6.42 Å².